The number of hydrogen-bond acceptors (Lipinski definition) is 6. The second kappa shape index (κ2) is 7.29. The summed E-state index contributed by atoms with van der Waals surface area (Å²) in [6.07, 6.45) is 0.256. The molecule has 110 valence electrons. The van der Waals surface area contributed by atoms with Crippen molar-refractivity contribution in [2.75, 3.05) is 20.8 Å². The Labute approximate surface area is 115 Å². The Morgan fingerprint density at radius 2 is 2.20 bits per heavy atom. The number of nitrogens with zero attached hydrogens (tertiary/aromatic N) is 1. The SMILES string of the molecule is CNC(CCOc1ccc([N+](=O)[O-])cc1OC)C(=O)O. The van der Waals surface area contributed by atoms with E-state index in [1.165, 1.54) is 25.3 Å². The van der Waals surface area contributed by atoms with Crippen LogP contribution in [-0.2, 0) is 4.79 Å². The van der Waals surface area contributed by atoms with Gasteiger partial charge in [-0.1, -0.05) is 0 Å². The zero-order chi connectivity index (χ0) is 15.1. The quantitative estimate of drug-likeness (QED) is 0.542. The van der Waals surface area contributed by atoms with Crippen molar-refractivity contribution in [2.24, 2.45) is 0 Å². The Balaban J connectivity index is 2.68. The number of aliphatic carboxylic acids is 1. The number of nitrogens with one attached hydrogen (secondary N) is 1. The molecule has 8 nitrogen and oxygen atoms in total. The molecular weight excluding hydrogens is 268 g/mol. The molecule has 0 aliphatic rings. The molecule has 20 heavy (non-hydrogen) atoms. The number of non-ortho nitro benzene ring substituents is 1. The molecule has 2 N–H and O–H groups in total. The van der Waals surface area contributed by atoms with Crippen molar-refractivity contribution in [3.8, 4) is 11.5 Å². The van der Waals surface area contributed by atoms with Crippen LogP contribution in [-0.4, -0.2) is 42.8 Å². The second-order valence-corrected chi connectivity index (χ2v) is 3.91. The van der Waals surface area contributed by atoms with Crippen LogP contribution in [0.5, 0.6) is 11.5 Å². The summed E-state index contributed by atoms with van der Waals surface area (Å²) in [6.45, 7) is 0.145. The number of benzene rings is 1. The van der Waals surface area contributed by atoms with E-state index in [4.69, 9.17) is 14.6 Å². The molecule has 0 saturated heterocycles. The maximum absolute atomic E-state index is 10.8. The first-order valence-electron chi connectivity index (χ1n) is 5.85. The predicted molar refractivity (Wildman–Crippen MR) is 70.2 cm³/mol. The molecule has 1 unspecified atom stereocenters. The molecule has 0 aliphatic heterocycles. The lowest BCUT2D eigenvalue weighted by atomic mass is 10.2. The number of nitro groups is 1. The largest absolute Gasteiger partial charge is 0.493 e. The van der Waals surface area contributed by atoms with E-state index in [2.05, 4.69) is 5.32 Å². The average Bonchev–Trinajstić information content (AvgIpc) is 2.43. The molecule has 0 spiro atoms. The summed E-state index contributed by atoms with van der Waals surface area (Å²) in [5.41, 5.74) is -0.104. The molecule has 0 radical (unpaired) electrons. The van der Waals surface area contributed by atoms with E-state index in [-0.39, 0.29) is 24.5 Å². The zero-order valence-corrected chi connectivity index (χ0v) is 11.2. The Bertz CT molecular complexity index is 491. The lowest BCUT2D eigenvalue weighted by Gasteiger charge is -2.13. The predicted octanol–water partition coefficient (Wildman–Crippen LogP) is 1.04. The summed E-state index contributed by atoms with van der Waals surface area (Å²) in [6, 6.07) is 3.26. The van der Waals surface area contributed by atoms with Gasteiger partial charge in [-0.05, 0) is 13.1 Å². The maximum atomic E-state index is 10.8. The van der Waals surface area contributed by atoms with Gasteiger partial charge < -0.3 is 19.9 Å². The number of rotatable bonds is 8. The van der Waals surface area contributed by atoms with Gasteiger partial charge in [0.15, 0.2) is 11.5 Å². The van der Waals surface area contributed by atoms with Gasteiger partial charge in [0, 0.05) is 12.5 Å². The van der Waals surface area contributed by atoms with Gasteiger partial charge in [-0.25, -0.2) is 0 Å². The van der Waals surface area contributed by atoms with Gasteiger partial charge >= 0.3 is 5.97 Å². The molecule has 0 fully saturated rings. The Morgan fingerprint density at radius 3 is 2.70 bits per heavy atom. The molecule has 0 heterocycles. The van der Waals surface area contributed by atoms with Crippen LogP contribution >= 0.6 is 0 Å². The van der Waals surface area contributed by atoms with Gasteiger partial charge in [0.2, 0.25) is 0 Å². The van der Waals surface area contributed by atoms with Crippen molar-refractivity contribution in [3.05, 3.63) is 28.3 Å². The fraction of sp³-hybridized carbons (Fsp3) is 0.417. The summed E-state index contributed by atoms with van der Waals surface area (Å²) < 4.78 is 10.4. The van der Waals surface area contributed by atoms with Crippen LogP contribution in [0.2, 0.25) is 0 Å². The Morgan fingerprint density at radius 1 is 1.50 bits per heavy atom. The van der Waals surface area contributed by atoms with Crippen LogP contribution in [0.4, 0.5) is 5.69 Å². The molecule has 0 bridgehead atoms. The van der Waals surface area contributed by atoms with Gasteiger partial charge in [-0.3, -0.25) is 14.9 Å². The summed E-state index contributed by atoms with van der Waals surface area (Å²) in [5.74, 6) is -0.402. The van der Waals surface area contributed by atoms with E-state index in [1.807, 2.05) is 0 Å². The molecule has 0 aliphatic carbocycles. The van der Waals surface area contributed by atoms with Crippen molar-refractivity contribution < 1.29 is 24.3 Å². The number of ether oxygens (including phenoxy) is 2. The topological polar surface area (TPSA) is 111 Å². The molecule has 1 aromatic carbocycles. The molecule has 1 rings (SSSR count). The van der Waals surface area contributed by atoms with Crippen molar-refractivity contribution in [1.29, 1.82) is 0 Å². The first-order chi connectivity index (χ1) is 9.49. The van der Waals surface area contributed by atoms with E-state index >= 15 is 0 Å². The van der Waals surface area contributed by atoms with E-state index in [1.54, 1.807) is 7.05 Å². The summed E-state index contributed by atoms with van der Waals surface area (Å²) in [7, 11) is 2.92. The van der Waals surface area contributed by atoms with E-state index in [0.717, 1.165) is 0 Å². The highest BCUT2D eigenvalue weighted by Crippen LogP contribution is 2.31. The summed E-state index contributed by atoms with van der Waals surface area (Å²) in [4.78, 5) is 20.9. The molecule has 1 aromatic rings. The maximum Gasteiger partial charge on any atom is 0.320 e. The van der Waals surface area contributed by atoms with Gasteiger partial charge in [-0.15, -0.1) is 0 Å². The monoisotopic (exact) mass is 284 g/mol. The van der Waals surface area contributed by atoms with Crippen molar-refractivity contribution in [3.63, 3.8) is 0 Å². The van der Waals surface area contributed by atoms with E-state index in [0.29, 0.717) is 5.75 Å². The minimum Gasteiger partial charge on any atom is -0.493 e. The number of carboxylic acids is 1. The Kier molecular flexibility index (Phi) is 5.73. The van der Waals surface area contributed by atoms with Gasteiger partial charge in [0.1, 0.15) is 6.04 Å². The number of methoxy groups -OCH3 is 1. The van der Waals surface area contributed by atoms with E-state index < -0.39 is 16.9 Å². The second-order valence-electron chi connectivity index (χ2n) is 3.91. The fourth-order valence-corrected chi connectivity index (χ4v) is 1.57. The van der Waals surface area contributed by atoms with Gasteiger partial charge in [-0.2, -0.15) is 0 Å². The molecule has 1 atom stereocenters. The van der Waals surface area contributed by atoms with E-state index in [9.17, 15) is 14.9 Å². The third-order valence-electron chi connectivity index (χ3n) is 2.67. The van der Waals surface area contributed by atoms with Crippen molar-refractivity contribution in [2.45, 2.75) is 12.5 Å². The molecule has 0 amide bonds. The van der Waals surface area contributed by atoms with Crippen LogP contribution < -0.4 is 14.8 Å². The molecule has 8 heteroatoms. The number of carbonyl (C=O) groups is 1. The van der Waals surface area contributed by atoms with Gasteiger partial charge in [0.05, 0.1) is 24.7 Å². The lowest BCUT2D eigenvalue weighted by molar-refractivity contribution is -0.385. The average molecular weight is 284 g/mol. The first kappa shape index (κ1) is 15.7. The molecular formula is C12H16N2O6. The smallest absolute Gasteiger partial charge is 0.320 e. The number of hydrogen-bond donors (Lipinski definition) is 2. The normalized spacial score (nSPS) is 11.7. The van der Waals surface area contributed by atoms with Crippen LogP contribution in [0.25, 0.3) is 0 Å². The van der Waals surface area contributed by atoms with Crippen LogP contribution in [0.1, 0.15) is 6.42 Å². The third kappa shape index (κ3) is 4.09. The summed E-state index contributed by atoms with van der Waals surface area (Å²) in [5, 5.41) is 22.1. The third-order valence-corrected chi connectivity index (χ3v) is 2.67. The van der Waals surface area contributed by atoms with Gasteiger partial charge in [0.25, 0.3) is 5.69 Å². The van der Waals surface area contributed by atoms with Crippen LogP contribution in [0.15, 0.2) is 18.2 Å². The first-order valence-corrected chi connectivity index (χ1v) is 5.85. The highest BCUT2D eigenvalue weighted by Gasteiger charge is 2.16. The minimum atomic E-state index is -0.966. The Hall–Kier alpha value is -2.35. The molecule has 0 aromatic heterocycles. The zero-order valence-electron chi connectivity index (χ0n) is 11.2. The fourth-order valence-electron chi connectivity index (χ4n) is 1.57. The highest BCUT2D eigenvalue weighted by molar-refractivity contribution is 5.73. The van der Waals surface area contributed by atoms with Crippen LogP contribution in [0.3, 0.4) is 0 Å². The minimum absolute atomic E-state index is 0.104. The number of nitro benzene ring substituents is 1. The number of carboxylic acid groups (broad SMARTS) is 1. The van der Waals surface area contributed by atoms with Crippen molar-refractivity contribution in [1.82, 2.24) is 5.32 Å². The standard InChI is InChI=1S/C12H16N2O6/c1-13-9(12(15)16)5-6-20-10-4-3-8(14(17)18)7-11(10)19-2/h3-4,7,9,13H,5-6H2,1-2H3,(H,15,16). The number of likely N-dealkylation sites (N-methyl/N-ethyl adjacent to an activating group) is 1. The van der Waals surface area contributed by atoms with Crippen molar-refractivity contribution >= 4 is 11.7 Å². The highest BCUT2D eigenvalue weighted by atomic mass is 16.6. The summed E-state index contributed by atoms with van der Waals surface area (Å²) >= 11 is 0. The lowest BCUT2D eigenvalue weighted by Crippen LogP contribution is -2.35. The molecule has 0 saturated carbocycles. The van der Waals surface area contributed by atoms with Crippen LogP contribution in [0, 0.1) is 10.1 Å².